The molecule has 0 radical (unpaired) electrons. The van der Waals surface area contributed by atoms with E-state index >= 15 is 0 Å². The predicted octanol–water partition coefficient (Wildman–Crippen LogP) is 4.04. The lowest BCUT2D eigenvalue weighted by Gasteiger charge is -2.44. The van der Waals surface area contributed by atoms with Crippen molar-refractivity contribution in [2.45, 2.75) is 69.1 Å². The third-order valence-corrected chi connectivity index (χ3v) is 9.93. The lowest BCUT2D eigenvalue weighted by atomic mass is 9.65. The molecule has 4 heterocycles. The number of fused-ring (bicyclic) bond motifs is 3. The summed E-state index contributed by atoms with van der Waals surface area (Å²) < 4.78 is 34.0. The Morgan fingerprint density at radius 2 is 2.09 bits per heavy atom. The SMILES string of the molecule is C=C(F)C(=O)N1CCN(c2nc(OC[C@@H]3C[C@@H](F)CN3C)nc3c2NC(=O)[C@]2(CCCc4c(C)cc(Cl)cc42)C3)C[C@@H]1CC#N. The zero-order chi connectivity index (χ0) is 32.0. The lowest BCUT2D eigenvalue weighted by Crippen LogP contribution is -2.56. The van der Waals surface area contributed by atoms with Crippen molar-refractivity contribution in [3.8, 4) is 12.1 Å². The number of alkyl halides is 1. The first-order valence-electron chi connectivity index (χ1n) is 15.3. The number of rotatable bonds is 6. The number of anilines is 2. The molecule has 1 aromatic heterocycles. The van der Waals surface area contributed by atoms with Crippen LogP contribution in [0.1, 0.15) is 48.1 Å². The second kappa shape index (κ2) is 12.2. The molecule has 238 valence electrons. The largest absolute Gasteiger partial charge is 0.462 e. The van der Waals surface area contributed by atoms with E-state index in [0.29, 0.717) is 48.0 Å². The number of nitrogens with zero attached hydrogens (tertiary/aromatic N) is 6. The van der Waals surface area contributed by atoms with E-state index < -0.39 is 29.4 Å². The molecule has 0 unspecified atom stereocenters. The Labute approximate surface area is 266 Å². The zero-order valence-corrected chi connectivity index (χ0v) is 26.2. The van der Waals surface area contributed by atoms with Gasteiger partial charge in [0.15, 0.2) is 11.6 Å². The first-order chi connectivity index (χ1) is 21.5. The molecule has 1 spiro atoms. The summed E-state index contributed by atoms with van der Waals surface area (Å²) >= 11 is 6.51. The summed E-state index contributed by atoms with van der Waals surface area (Å²) in [6.45, 7) is 6.21. The molecule has 1 N–H and O–H groups in total. The summed E-state index contributed by atoms with van der Waals surface area (Å²) in [6.07, 6.45) is 1.96. The topological polar surface area (TPSA) is 115 Å². The van der Waals surface area contributed by atoms with Crippen molar-refractivity contribution < 1.29 is 23.1 Å². The second-order valence-corrected chi connectivity index (χ2v) is 13.0. The highest BCUT2D eigenvalue weighted by atomic mass is 35.5. The van der Waals surface area contributed by atoms with Crippen LogP contribution in [0.5, 0.6) is 6.01 Å². The number of benzene rings is 1. The molecular weight excluding hydrogens is 604 g/mol. The zero-order valence-electron chi connectivity index (χ0n) is 25.4. The van der Waals surface area contributed by atoms with E-state index in [-0.39, 0.29) is 50.6 Å². The molecule has 10 nitrogen and oxygen atoms in total. The fourth-order valence-corrected chi connectivity index (χ4v) is 7.67. The van der Waals surface area contributed by atoms with Gasteiger partial charge in [-0.25, -0.2) is 8.78 Å². The maximum atomic E-state index is 14.1. The molecule has 13 heteroatoms. The molecule has 2 amide bonds. The van der Waals surface area contributed by atoms with Gasteiger partial charge in [0, 0.05) is 43.7 Å². The fourth-order valence-electron chi connectivity index (χ4n) is 7.40. The number of likely N-dealkylation sites (N-methyl/N-ethyl adjacent to an activating group) is 1. The number of nitriles is 1. The third kappa shape index (κ3) is 5.72. The molecule has 4 atom stereocenters. The molecule has 1 aromatic carbocycles. The Kier molecular flexibility index (Phi) is 8.43. The summed E-state index contributed by atoms with van der Waals surface area (Å²) in [4.78, 5) is 41.3. The van der Waals surface area contributed by atoms with Crippen molar-refractivity contribution in [3.05, 3.63) is 51.9 Å². The van der Waals surface area contributed by atoms with E-state index in [1.807, 2.05) is 35.9 Å². The summed E-state index contributed by atoms with van der Waals surface area (Å²) in [5.41, 5.74) is 3.21. The number of nitrogens with one attached hydrogen (secondary N) is 1. The van der Waals surface area contributed by atoms with E-state index in [0.717, 1.165) is 29.5 Å². The van der Waals surface area contributed by atoms with Gasteiger partial charge < -0.3 is 19.9 Å². The van der Waals surface area contributed by atoms with Crippen LogP contribution in [-0.2, 0) is 27.8 Å². The van der Waals surface area contributed by atoms with Gasteiger partial charge in [0.05, 0.1) is 29.6 Å². The number of amides is 2. The average molecular weight is 640 g/mol. The van der Waals surface area contributed by atoms with Crippen LogP contribution in [0.4, 0.5) is 20.3 Å². The van der Waals surface area contributed by atoms with Crippen LogP contribution in [0.3, 0.4) is 0 Å². The van der Waals surface area contributed by atoms with Crippen LogP contribution in [0.15, 0.2) is 24.5 Å². The maximum Gasteiger partial charge on any atom is 0.318 e. The van der Waals surface area contributed by atoms with Crippen LogP contribution < -0.4 is 15.0 Å². The number of hydrogen-bond donors (Lipinski definition) is 1. The van der Waals surface area contributed by atoms with E-state index in [9.17, 15) is 23.6 Å². The summed E-state index contributed by atoms with van der Waals surface area (Å²) in [6, 6.07) is 5.21. The maximum absolute atomic E-state index is 14.1. The van der Waals surface area contributed by atoms with Gasteiger partial charge in [-0.15, -0.1) is 0 Å². The molecule has 2 aromatic rings. The first-order valence-corrected chi connectivity index (χ1v) is 15.6. The van der Waals surface area contributed by atoms with Gasteiger partial charge in [0.1, 0.15) is 18.5 Å². The van der Waals surface area contributed by atoms with E-state index in [2.05, 4.69) is 18.0 Å². The molecule has 3 aliphatic heterocycles. The molecular formula is C32H36ClF2N7O3. The molecule has 1 aliphatic carbocycles. The normalized spacial score (nSPS) is 26.2. The van der Waals surface area contributed by atoms with Crippen molar-refractivity contribution in [1.29, 1.82) is 5.26 Å². The summed E-state index contributed by atoms with van der Waals surface area (Å²) in [5.74, 6) is -1.72. The molecule has 6 rings (SSSR count). The molecule has 2 fully saturated rings. The molecule has 0 bridgehead atoms. The van der Waals surface area contributed by atoms with Crippen molar-refractivity contribution in [2.24, 2.45) is 0 Å². The number of hydrogen-bond acceptors (Lipinski definition) is 8. The van der Waals surface area contributed by atoms with Crippen LogP contribution in [0.25, 0.3) is 0 Å². The van der Waals surface area contributed by atoms with E-state index in [4.69, 9.17) is 26.3 Å². The van der Waals surface area contributed by atoms with Crippen LogP contribution >= 0.6 is 11.6 Å². The van der Waals surface area contributed by atoms with Crippen molar-refractivity contribution in [3.63, 3.8) is 0 Å². The van der Waals surface area contributed by atoms with Crippen molar-refractivity contribution >= 4 is 34.9 Å². The number of aromatic nitrogens is 2. The van der Waals surface area contributed by atoms with E-state index in [1.54, 1.807) is 0 Å². The van der Waals surface area contributed by atoms with Gasteiger partial charge in [-0.3, -0.25) is 14.5 Å². The molecule has 2 saturated heterocycles. The minimum Gasteiger partial charge on any atom is -0.462 e. The second-order valence-electron chi connectivity index (χ2n) is 12.6. The van der Waals surface area contributed by atoms with Gasteiger partial charge >= 0.3 is 6.01 Å². The van der Waals surface area contributed by atoms with Crippen LogP contribution in [-0.4, -0.2) is 89.7 Å². The Morgan fingerprint density at radius 3 is 2.80 bits per heavy atom. The van der Waals surface area contributed by atoms with Gasteiger partial charge in [0.25, 0.3) is 5.91 Å². The van der Waals surface area contributed by atoms with Crippen molar-refractivity contribution in [2.75, 3.05) is 50.1 Å². The van der Waals surface area contributed by atoms with Crippen LogP contribution in [0.2, 0.25) is 5.02 Å². The number of ether oxygens (including phenoxy) is 1. The van der Waals surface area contributed by atoms with E-state index in [1.165, 1.54) is 4.90 Å². The average Bonchev–Trinajstić information content (AvgIpc) is 3.33. The minimum absolute atomic E-state index is 0.0308. The van der Waals surface area contributed by atoms with Gasteiger partial charge in [-0.1, -0.05) is 18.2 Å². The summed E-state index contributed by atoms with van der Waals surface area (Å²) in [5, 5.41) is 13.2. The van der Waals surface area contributed by atoms with Gasteiger partial charge in [0.2, 0.25) is 5.91 Å². The Bertz CT molecular complexity index is 1600. The summed E-state index contributed by atoms with van der Waals surface area (Å²) in [7, 11) is 1.85. The number of carbonyl (C=O) groups is 2. The first kappa shape index (κ1) is 31.2. The number of likely N-dealkylation sites (tertiary alicyclic amines) is 1. The van der Waals surface area contributed by atoms with Gasteiger partial charge in [-0.05, 0) is 68.5 Å². The standard InChI is InChI=1S/C32H36ClF2N7O3/c1-18-11-20(33)12-25-24(18)5-4-7-32(25)14-26-27(38-30(32)44)28(39-31(37-26)45-17-23-13-21(35)15-40(23)3)41-9-10-42(29(43)19(2)34)22(16-41)6-8-36/h11-12,21-23H,2,4-7,9-10,13-17H2,1,3H3,(H,38,44)/t21-,22+,23+,32-/m1/s1. The number of piperazine rings is 1. The number of aryl methyl sites for hydroxylation is 1. The highest BCUT2D eigenvalue weighted by molar-refractivity contribution is 6.30. The monoisotopic (exact) mass is 639 g/mol. The predicted molar refractivity (Wildman–Crippen MR) is 165 cm³/mol. The number of halogens is 3. The quantitative estimate of drug-likeness (QED) is 0.471. The highest BCUT2D eigenvalue weighted by Gasteiger charge is 2.49. The van der Waals surface area contributed by atoms with Crippen LogP contribution in [0, 0.1) is 18.3 Å². The molecule has 45 heavy (non-hydrogen) atoms. The Hall–Kier alpha value is -3.82. The fraction of sp³-hybridized carbons (Fsp3) is 0.531. The smallest absolute Gasteiger partial charge is 0.318 e. The molecule has 4 aliphatic rings. The highest BCUT2D eigenvalue weighted by Crippen LogP contribution is 2.48. The minimum atomic E-state index is -1.09. The van der Waals surface area contributed by atoms with Gasteiger partial charge in [-0.2, -0.15) is 15.2 Å². The Morgan fingerprint density at radius 1 is 1.29 bits per heavy atom. The number of carbonyl (C=O) groups excluding carboxylic acids is 2. The molecule has 0 saturated carbocycles. The lowest BCUT2D eigenvalue weighted by molar-refractivity contribution is -0.131. The Balaban J connectivity index is 1.39. The van der Waals surface area contributed by atoms with Crippen molar-refractivity contribution in [1.82, 2.24) is 19.8 Å². The third-order valence-electron chi connectivity index (χ3n) is 9.71.